The minimum atomic E-state index is -0.0957. The highest BCUT2D eigenvalue weighted by Gasteiger charge is 2.10. The van der Waals surface area contributed by atoms with Gasteiger partial charge in [-0.2, -0.15) is 11.3 Å². The fourth-order valence-corrected chi connectivity index (χ4v) is 2.39. The van der Waals surface area contributed by atoms with E-state index in [1.165, 1.54) is 0 Å². The minimum Gasteiger partial charge on any atom is -0.345 e. The molecule has 1 amide bonds. The van der Waals surface area contributed by atoms with Gasteiger partial charge in [-0.3, -0.25) is 4.79 Å². The van der Waals surface area contributed by atoms with Gasteiger partial charge in [-0.25, -0.2) is 0 Å². The lowest BCUT2D eigenvalue weighted by Crippen LogP contribution is -2.14. The number of nitrogens with one attached hydrogen (secondary N) is 1. The van der Waals surface area contributed by atoms with Crippen molar-refractivity contribution in [2.45, 2.75) is 0 Å². The predicted octanol–water partition coefficient (Wildman–Crippen LogP) is 3.10. The number of aromatic nitrogens is 1. The van der Waals surface area contributed by atoms with E-state index in [0.29, 0.717) is 5.69 Å². The van der Waals surface area contributed by atoms with Crippen molar-refractivity contribution in [3.8, 4) is 0 Å². The molecule has 0 atom stereocenters. The Morgan fingerprint density at radius 3 is 2.93 bits per heavy atom. The monoisotopic (exact) mass is 284 g/mol. The lowest BCUT2D eigenvalue weighted by molar-refractivity contribution is 0.101. The number of hydrogen-bond donors (Lipinski definition) is 1. The van der Waals surface area contributed by atoms with Crippen LogP contribution in [0.25, 0.3) is 0 Å². The summed E-state index contributed by atoms with van der Waals surface area (Å²) in [5.41, 5.74) is 1.47. The average molecular weight is 285 g/mol. The second-order valence-electron chi connectivity index (χ2n) is 3.12. The molecule has 0 saturated carbocycles. The topological polar surface area (TPSA) is 34.0 Å². The van der Waals surface area contributed by atoms with E-state index in [1.807, 2.05) is 30.1 Å². The Balaban J connectivity index is 2.18. The molecule has 15 heavy (non-hydrogen) atoms. The quantitative estimate of drug-likeness (QED) is 0.903. The summed E-state index contributed by atoms with van der Waals surface area (Å²) in [5.74, 6) is -0.0957. The zero-order valence-corrected chi connectivity index (χ0v) is 10.4. The van der Waals surface area contributed by atoms with E-state index in [-0.39, 0.29) is 5.91 Å². The first-order valence-corrected chi connectivity index (χ1v) is 6.06. The summed E-state index contributed by atoms with van der Waals surface area (Å²) in [6.45, 7) is 0. The van der Waals surface area contributed by atoms with Crippen molar-refractivity contribution in [1.29, 1.82) is 0 Å². The Hall–Kier alpha value is -1.07. The summed E-state index contributed by atoms with van der Waals surface area (Å²) in [7, 11) is 1.84. The van der Waals surface area contributed by atoms with Crippen molar-refractivity contribution >= 4 is 38.9 Å². The molecular formula is C10H9BrN2OS. The first kappa shape index (κ1) is 10.4. The highest BCUT2D eigenvalue weighted by molar-refractivity contribution is 9.10. The lowest BCUT2D eigenvalue weighted by Gasteiger charge is -2.03. The molecular weight excluding hydrogens is 276 g/mol. The maximum atomic E-state index is 11.8. The van der Waals surface area contributed by atoms with Crippen LogP contribution in [0.5, 0.6) is 0 Å². The molecule has 0 aliphatic carbocycles. The molecule has 0 saturated heterocycles. The maximum Gasteiger partial charge on any atom is 0.272 e. The summed E-state index contributed by atoms with van der Waals surface area (Å²) in [6.07, 6.45) is 1.85. The van der Waals surface area contributed by atoms with Crippen molar-refractivity contribution in [1.82, 2.24) is 4.57 Å². The lowest BCUT2D eigenvalue weighted by atomic mass is 10.4. The number of carbonyl (C=O) groups excluding carboxylic acids is 1. The number of thiophene rings is 1. The van der Waals surface area contributed by atoms with Gasteiger partial charge in [-0.15, -0.1) is 0 Å². The van der Waals surface area contributed by atoms with Crippen LogP contribution in [-0.4, -0.2) is 10.5 Å². The molecule has 0 aliphatic heterocycles. The molecule has 0 radical (unpaired) electrons. The van der Waals surface area contributed by atoms with Crippen LogP contribution in [0, 0.1) is 0 Å². The van der Waals surface area contributed by atoms with Crippen LogP contribution in [0.2, 0.25) is 0 Å². The first-order valence-electron chi connectivity index (χ1n) is 4.32. The van der Waals surface area contributed by atoms with Gasteiger partial charge >= 0.3 is 0 Å². The molecule has 1 N–H and O–H groups in total. The van der Waals surface area contributed by atoms with E-state index < -0.39 is 0 Å². The Labute approximate surface area is 99.9 Å². The molecule has 3 nitrogen and oxygen atoms in total. The zero-order chi connectivity index (χ0) is 10.8. The van der Waals surface area contributed by atoms with Crippen molar-refractivity contribution in [2.24, 2.45) is 7.05 Å². The van der Waals surface area contributed by atoms with Crippen LogP contribution in [0.4, 0.5) is 5.69 Å². The summed E-state index contributed by atoms with van der Waals surface area (Å²) in [5, 5.41) is 6.65. The minimum absolute atomic E-state index is 0.0957. The molecule has 0 aliphatic rings. The number of anilines is 1. The van der Waals surface area contributed by atoms with Crippen LogP contribution >= 0.6 is 27.3 Å². The summed E-state index contributed by atoms with van der Waals surface area (Å²) in [6, 6.07) is 3.67. The average Bonchev–Trinajstić information content (AvgIpc) is 2.75. The summed E-state index contributed by atoms with van der Waals surface area (Å²) in [4.78, 5) is 11.8. The van der Waals surface area contributed by atoms with E-state index in [2.05, 4.69) is 21.2 Å². The fourth-order valence-electron chi connectivity index (χ4n) is 1.28. The van der Waals surface area contributed by atoms with Gasteiger partial charge in [0.15, 0.2) is 0 Å². The number of hydrogen-bond acceptors (Lipinski definition) is 2. The third-order valence-corrected chi connectivity index (χ3v) is 3.10. The van der Waals surface area contributed by atoms with Gasteiger partial charge in [-0.05, 0) is 33.4 Å². The van der Waals surface area contributed by atoms with Crippen LogP contribution in [-0.2, 0) is 7.05 Å². The van der Waals surface area contributed by atoms with Gasteiger partial charge in [0.25, 0.3) is 5.91 Å². The standard InChI is InChI=1S/C10H9BrN2OS/c1-13-5-7(11)4-9(13)10(14)12-8-2-3-15-6-8/h2-6H,1H3,(H,12,14). The highest BCUT2D eigenvalue weighted by atomic mass is 79.9. The molecule has 2 rings (SSSR count). The molecule has 2 aromatic rings. The van der Waals surface area contributed by atoms with Gasteiger partial charge in [0, 0.05) is 23.1 Å². The normalized spacial score (nSPS) is 10.3. The molecule has 2 heterocycles. The van der Waals surface area contributed by atoms with Crippen molar-refractivity contribution in [2.75, 3.05) is 5.32 Å². The van der Waals surface area contributed by atoms with Gasteiger partial charge in [-0.1, -0.05) is 0 Å². The third kappa shape index (κ3) is 2.30. The third-order valence-electron chi connectivity index (χ3n) is 1.98. The zero-order valence-electron chi connectivity index (χ0n) is 8.03. The molecule has 5 heteroatoms. The van der Waals surface area contributed by atoms with Crippen LogP contribution in [0.1, 0.15) is 10.5 Å². The highest BCUT2D eigenvalue weighted by Crippen LogP contribution is 2.17. The fraction of sp³-hybridized carbons (Fsp3) is 0.100. The van der Waals surface area contributed by atoms with Gasteiger partial charge in [0.1, 0.15) is 5.69 Å². The Kier molecular flexibility index (Phi) is 2.93. The van der Waals surface area contributed by atoms with Gasteiger partial charge < -0.3 is 9.88 Å². The molecule has 2 aromatic heterocycles. The number of carbonyl (C=O) groups is 1. The number of amides is 1. The summed E-state index contributed by atoms with van der Waals surface area (Å²) < 4.78 is 2.69. The maximum absolute atomic E-state index is 11.8. The molecule has 0 bridgehead atoms. The largest absolute Gasteiger partial charge is 0.345 e. The second kappa shape index (κ2) is 4.20. The molecule has 78 valence electrons. The number of rotatable bonds is 2. The van der Waals surface area contributed by atoms with Crippen molar-refractivity contribution in [3.05, 3.63) is 39.3 Å². The van der Waals surface area contributed by atoms with E-state index in [1.54, 1.807) is 22.0 Å². The summed E-state index contributed by atoms with van der Waals surface area (Å²) >= 11 is 4.89. The molecule has 0 spiro atoms. The van der Waals surface area contributed by atoms with Crippen molar-refractivity contribution < 1.29 is 4.79 Å². The first-order chi connectivity index (χ1) is 7.16. The molecule has 0 unspecified atom stereocenters. The van der Waals surface area contributed by atoms with E-state index in [0.717, 1.165) is 10.2 Å². The second-order valence-corrected chi connectivity index (χ2v) is 4.82. The number of halogens is 1. The van der Waals surface area contributed by atoms with E-state index in [4.69, 9.17) is 0 Å². The SMILES string of the molecule is Cn1cc(Br)cc1C(=O)Nc1ccsc1. The van der Waals surface area contributed by atoms with Gasteiger partial charge in [0.05, 0.1) is 5.69 Å². The van der Waals surface area contributed by atoms with E-state index in [9.17, 15) is 4.79 Å². The Morgan fingerprint density at radius 1 is 1.60 bits per heavy atom. The Morgan fingerprint density at radius 2 is 2.40 bits per heavy atom. The van der Waals surface area contributed by atoms with Gasteiger partial charge in [0.2, 0.25) is 0 Å². The van der Waals surface area contributed by atoms with Crippen LogP contribution < -0.4 is 5.32 Å². The van der Waals surface area contributed by atoms with Crippen LogP contribution in [0.15, 0.2) is 33.6 Å². The van der Waals surface area contributed by atoms with E-state index >= 15 is 0 Å². The number of aryl methyl sites for hydroxylation is 1. The molecule has 0 fully saturated rings. The number of nitrogens with zero attached hydrogens (tertiary/aromatic N) is 1. The Bertz CT molecular complexity index is 476. The van der Waals surface area contributed by atoms with Crippen molar-refractivity contribution in [3.63, 3.8) is 0 Å². The molecule has 0 aromatic carbocycles. The smallest absolute Gasteiger partial charge is 0.272 e. The predicted molar refractivity (Wildman–Crippen MR) is 65.4 cm³/mol. The van der Waals surface area contributed by atoms with Crippen LogP contribution in [0.3, 0.4) is 0 Å².